The molecule has 22 heavy (non-hydrogen) atoms. The highest BCUT2D eigenvalue weighted by Crippen LogP contribution is 2.28. The first-order valence-corrected chi connectivity index (χ1v) is 8.11. The summed E-state index contributed by atoms with van der Waals surface area (Å²) in [6, 6.07) is 1.71. The summed E-state index contributed by atoms with van der Waals surface area (Å²) in [4.78, 5) is 2.63. The third-order valence-electron chi connectivity index (χ3n) is 2.77. The highest BCUT2D eigenvalue weighted by atomic mass is 35.7. The smallest absolute Gasteiger partial charge is 0.217 e. The highest BCUT2D eigenvalue weighted by molar-refractivity contribution is 8.13. The fourth-order valence-electron chi connectivity index (χ4n) is 1.77. The van der Waals surface area contributed by atoms with Gasteiger partial charge in [-0.15, -0.1) is 5.10 Å². The maximum atomic E-state index is 14.0. The Hall–Kier alpha value is -1.68. The van der Waals surface area contributed by atoms with Gasteiger partial charge in [0.15, 0.2) is 0 Å². The number of aromatic nitrogens is 3. The predicted octanol–water partition coefficient (Wildman–Crippen LogP) is 2.92. The average Bonchev–Trinajstić information content (AvgIpc) is 2.86. The van der Waals surface area contributed by atoms with Crippen LogP contribution in [-0.4, -0.2) is 23.2 Å². The number of hydrogen-bond acceptors (Lipinski definition) is 4. The zero-order chi connectivity index (χ0) is 16.7. The molecule has 0 unspecified atom stereocenters. The molecule has 0 bridgehead atoms. The predicted molar refractivity (Wildman–Crippen MR) is 68.7 cm³/mol. The Balaban J connectivity index is 2.64. The second-order valence-electron chi connectivity index (χ2n) is 4.21. The number of aryl methyl sites for hydroxylation is 1. The van der Waals surface area contributed by atoms with Crippen LogP contribution in [-0.2, 0) is 21.6 Å². The highest BCUT2D eigenvalue weighted by Gasteiger charge is 2.36. The number of rotatable bonds is 3. The lowest BCUT2D eigenvalue weighted by molar-refractivity contribution is -0.144. The Morgan fingerprint density at radius 1 is 1.32 bits per heavy atom. The molecule has 0 fully saturated rings. The Labute approximate surface area is 127 Å². The molecule has 0 aliphatic carbocycles. The maximum Gasteiger partial charge on any atom is 0.453 e. The van der Waals surface area contributed by atoms with Crippen LogP contribution in [0.4, 0.5) is 17.6 Å². The van der Waals surface area contributed by atoms with Gasteiger partial charge in [0.1, 0.15) is 17.8 Å². The number of alkyl halides is 3. The van der Waals surface area contributed by atoms with Gasteiger partial charge in [-0.1, -0.05) is 6.92 Å². The molecule has 0 atom stereocenters. The van der Waals surface area contributed by atoms with Crippen LogP contribution in [0.5, 0.6) is 0 Å². The first-order chi connectivity index (χ1) is 10.0. The molecule has 1 aromatic carbocycles. The van der Waals surface area contributed by atoms with Gasteiger partial charge in [-0.05, 0) is 24.1 Å². The molecule has 0 saturated heterocycles. The Bertz CT molecular complexity index is 817. The van der Waals surface area contributed by atoms with E-state index in [9.17, 15) is 26.0 Å². The van der Waals surface area contributed by atoms with Crippen molar-refractivity contribution in [1.29, 1.82) is 0 Å². The standard InChI is InChI=1S/C11H8ClF4N3O2S/c1-2-6-3-7(13)8(4-9(6)22(12,20)21)19-5-17-10(18-19)11(14,15)16/h3-5H,2H2,1H3. The van der Waals surface area contributed by atoms with E-state index in [-0.39, 0.29) is 12.0 Å². The number of hydrogen-bond donors (Lipinski definition) is 0. The van der Waals surface area contributed by atoms with Crippen LogP contribution < -0.4 is 0 Å². The molecule has 0 amide bonds. The molecule has 11 heteroatoms. The van der Waals surface area contributed by atoms with Crippen LogP contribution in [0.25, 0.3) is 5.69 Å². The van der Waals surface area contributed by atoms with Crippen molar-refractivity contribution in [3.05, 3.63) is 35.7 Å². The van der Waals surface area contributed by atoms with E-state index in [1.54, 1.807) is 6.92 Å². The molecular formula is C11H8ClF4N3O2S. The Kier molecular flexibility index (Phi) is 4.18. The van der Waals surface area contributed by atoms with Crippen LogP contribution in [0.3, 0.4) is 0 Å². The van der Waals surface area contributed by atoms with Gasteiger partial charge in [-0.25, -0.2) is 22.5 Å². The molecule has 2 rings (SSSR count). The van der Waals surface area contributed by atoms with Crippen molar-refractivity contribution in [3.63, 3.8) is 0 Å². The van der Waals surface area contributed by atoms with Crippen molar-refractivity contribution < 1.29 is 26.0 Å². The normalized spacial score (nSPS) is 12.6. The summed E-state index contributed by atoms with van der Waals surface area (Å²) in [6.45, 7) is 1.58. The van der Waals surface area contributed by atoms with Crippen LogP contribution in [0.1, 0.15) is 18.3 Å². The number of benzene rings is 1. The van der Waals surface area contributed by atoms with E-state index >= 15 is 0 Å². The summed E-state index contributed by atoms with van der Waals surface area (Å²) >= 11 is 0. The lowest BCUT2D eigenvalue weighted by Crippen LogP contribution is -2.10. The Morgan fingerprint density at radius 3 is 2.41 bits per heavy atom. The largest absolute Gasteiger partial charge is 0.453 e. The minimum Gasteiger partial charge on any atom is -0.217 e. The summed E-state index contributed by atoms with van der Waals surface area (Å²) in [5.41, 5.74) is -0.396. The molecule has 0 radical (unpaired) electrons. The number of halogens is 5. The molecule has 1 aromatic heterocycles. The van der Waals surface area contributed by atoms with Crippen molar-refractivity contribution in [2.45, 2.75) is 24.4 Å². The minimum absolute atomic E-state index is 0.104. The van der Waals surface area contributed by atoms with E-state index in [0.717, 1.165) is 12.1 Å². The van der Waals surface area contributed by atoms with Crippen LogP contribution in [0, 0.1) is 5.82 Å². The lowest BCUT2D eigenvalue weighted by Gasteiger charge is -2.09. The summed E-state index contributed by atoms with van der Waals surface area (Å²) in [5, 5.41) is 3.09. The van der Waals surface area contributed by atoms with Gasteiger partial charge in [-0.3, -0.25) is 0 Å². The molecule has 0 aliphatic rings. The maximum absolute atomic E-state index is 14.0. The number of nitrogens with zero attached hydrogens (tertiary/aromatic N) is 3. The van der Waals surface area contributed by atoms with Crippen LogP contribution >= 0.6 is 10.7 Å². The average molecular weight is 358 g/mol. The first kappa shape index (κ1) is 16.7. The van der Waals surface area contributed by atoms with Gasteiger partial charge < -0.3 is 0 Å². The van der Waals surface area contributed by atoms with E-state index in [1.807, 2.05) is 0 Å². The van der Waals surface area contributed by atoms with Crippen molar-refractivity contribution in [3.8, 4) is 5.69 Å². The van der Waals surface area contributed by atoms with E-state index in [4.69, 9.17) is 10.7 Å². The molecule has 120 valence electrons. The molecule has 1 heterocycles. The van der Waals surface area contributed by atoms with Gasteiger partial charge in [0.2, 0.25) is 0 Å². The van der Waals surface area contributed by atoms with Gasteiger partial charge in [0.05, 0.1) is 4.90 Å². The second-order valence-corrected chi connectivity index (χ2v) is 6.75. The van der Waals surface area contributed by atoms with E-state index in [2.05, 4.69) is 10.1 Å². The quantitative estimate of drug-likeness (QED) is 0.626. The van der Waals surface area contributed by atoms with Crippen molar-refractivity contribution in [2.75, 3.05) is 0 Å². The van der Waals surface area contributed by atoms with E-state index < -0.39 is 37.5 Å². The third kappa shape index (κ3) is 3.22. The topological polar surface area (TPSA) is 64.8 Å². The van der Waals surface area contributed by atoms with Crippen LogP contribution in [0.15, 0.2) is 23.4 Å². The summed E-state index contributed by atoms with van der Waals surface area (Å²) in [5.74, 6) is -2.42. The van der Waals surface area contributed by atoms with Crippen molar-refractivity contribution >= 4 is 19.7 Å². The molecule has 0 aliphatic heterocycles. The minimum atomic E-state index is -4.80. The second kappa shape index (κ2) is 5.51. The monoisotopic (exact) mass is 357 g/mol. The van der Waals surface area contributed by atoms with Gasteiger partial charge >= 0.3 is 6.18 Å². The van der Waals surface area contributed by atoms with Crippen LogP contribution in [0.2, 0.25) is 0 Å². The Morgan fingerprint density at radius 2 is 1.95 bits per heavy atom. The molecule has 0 N–H and O–H groups in total. The molecule has 0 spiro atoms. The van der Waals surface area contributed by atoms with E-state index in [0.29, 0.717) is 11.0 Å². The van der Waals surface area contributed by atoms with Gasteiger partial charge in [0.25, 0.3) is 14.9 Å². The molecule has 0 saturated carbocycles. The zero-order valence-corrected chi connectivity index (χ0v) is 12.5. The molecular weight excluding hydrogens is 350 g/mol. The lowest BCUT2D eigenvalue weighted by atomic mass is 10.1. The summed E-state index contributed by atoms with van der Waals surface area (Å²) in [6.07, 6.45) is -3.99. The van der Waals surface area contributed by atoms with Crippen molar-refractivity contribution in [2.24, 2.45) is 0 Å². The fourth-order valence-corrected chi connectivity index (χ4v) is 2.97. The molecule has 5 nitrogen and oxygen atoms in total. The zero-order valence-electron chi connectivity index (χ0n) is 10.9. The molecule has 2 aromatic rings. The first-order valence-electron chi connectivity index (χ1n) is 5.80. The van der Waals surface area contributed by atoms with Gasteiger partial charge in [0, 0.05) is 10.7 Å². The fraction of sp³-hybridized carbons (Fsp3) is 0.273. The summed E-state index contributed by atoms with van der Waals surface area (Å²) in [7, 11) is 1.06. The third-order valence-corrected chi connectivity index (χ3v) is 4.17. The van der Waals surface area contributed by atoms with Gasteiger partial charge in [-0.2, -0.15) is 13.2 Å². The SMILES string of the molecule is CCc1cc(F)c(-n2cnc(C(F)(F)F)n2)cc1S(=O)(=O)Cl. The summed E-state index contributed by atoms with van der Waals surface area (Å²) < 4.78 is 74.8. The van der Waals surface area contributed by atoms with E-state index in [1.165, 1.54) is 0 Å². The van der Waals surface area contributed by atoms with Crippen molar-refractivity contribution in [1.82, 2.24) is 14.8 Å².